The van der Waals surface area contributed by atoms with E-state index in [0.29, 0.717) is 0 Å². The number of imidazole rings is 1. The molecular weight excluding hydrogens is 220 g/mol. The molecule has 0 N–H and O–H groups in total. The predicted molar refractivity (Wildman–Crippen MR) is 78.2 cm³/mol. The molecule has 0 saturated carbocycles. The van der Waals surface area contributed by atoms with Crippen LogP contribution >= 0.6 is 0 Å². The summed E-state index contributed by atoms with van der Waals surface area (Å²) in [5.74, 6) is 0. The average Bonchev–Trinajstić information content (AvgIpc) is 2.85. The Morgan fingerprint density at radius 3 is 2.17 bits per heavy atom. The van der Waals surface area contributed by atoms with Gasteiger partial charge in [0.1, 0.15) is 12.4 Å². The summed E-state index contributed by atoms with van der Waals surface area (Å²) >= 11 is 0. The molecule has 1 rings (SSSR count). The molecular formula is C16H29N2+. The Hall–Kier alpha value is -1.05. The van der Waals surface area contributed by atoms with E-state index in [1.165, 1.54) is 57.8 Å². The maximum Gasteiger partial charge on any atom is 0.248 e. The number of unbranched alkanes of at least 4 members (excludes halogenated alkanes) is 8. The molecule has 18 heavy (non-hydrogen) atoms. The third-order valence-corrected chi connectivity index (χ3v) is 3.44. The molecule has 0 atom stereocenters. The van der Waals surface area contributed by atoms with Gasteiger partial charge in [0.25, 0.3) is 0 Å². The average molecular weight is 249 g/mol. The van der Waals surface area contributed by atoms with Gasteiger partial charge >= 0.3 is 0 Å². The summed E-state index contributed by atoms with van der Waals surface area (Å²) in [5, 5.41) is 0. The summed E-state index contributed by atoms with van der Waals surface area (Å²) in [6.07, 6.45) is 20.6. The van der Waals surface area contributed by atoms with E-state index < -0.39 is 0 Å². The molecule has 2 heteroatoms. The standard InChI is InChI=1S/C16H29N2/c1-3-5-6-7-8-9-10-11-12-13-18-15-14-17(4-2)16-18/h4,14-16H,2-3,5-13H2,1H3/q+1. The third-order valence-electron chi connectivity index (χ3n) is 3.44. The maximum absolute atomic E-state index is 3.75. The molecule has 1 heterocycles. The number of hydrogen-bond donors (Lipinski definition) is 0. The normalized spacial score (nSPS) is 10.7. The van der Waals surface area contributed by atoms with Crippen molar-refractivity contribution in [1.29, 1.82) is 0 Å². The summed E-state index contributed by atoms with van der Waals surface area (Å²) in [5.41, 5.74) is 0. The minimum atomic E-state index is 1.14. The third kappa shape index (κ3) is 6.63. The van der Waals surface area contributed by atoms with Gasteiger partial charge in [-0.1, -0.05) is 58.4 Å². The Labute approximate surface area is 112 Å². The molecule has 0 bridgehead atoms. The highest BCUT2D eigenvalue weighted by Gasteiger charge is 2.00. The van der Waals surface area contributed by atoms with Crippen molar-refractivity contribution in [3.05, 3.63) is 25.3 Å². The fraction of sp³-hybridized carbons (Fsp3) is 0.688. The first-order valence-corrected chi connectivity index (χ1v) is 7.56. The van der Waals surface area contributed by atoms with E-state index in [-0.39, 0.29) is 0 Å². The van der Waals surface area contributed by atoms with Crippen LogP contribution in [0.1, 0.15) is 64.7 Å². The van der Waals surface area contributed by atoms with Crippen LogP contribution in [0.25, 0.3) is 6.20 Å². The van der Waals surface area contributed by atoms with E-state index in [0.717, 1.165) is 6.54 Å². The zero-order valence-corrected chi connectivity index (χ0v) is 12.0. The molecule has 0 unspecified atom stereocenters. The lowest BCUT2D eigenvalue weighted by Gasteiger charge is -2.00. The number of aryl methyl sites for hydroxylation is 1. The Bertz CT molecular complexity index is 315. The van der Waals surface area contributed by atoms with Crippen LogP contribution in [0.3, 0.4) is 0 Å². The molecule has 0 spiro atoms. The first-order chi connectivity index (χ1) is 8.86. The van der Waals surface area contributed by atoms with Crippen molar-refractivity contribution < 1.29 is 4.57 Å². The van der Waals surface area contributed by atoms with Crippen molar-refractivity contribution in [2.24, 2.45) is 0 Å². The SMILES string of the molecule is C=Cn1cc[n+](CCCCCCCCCCC)c1. The number of rotatable bonds is 11. The molecule has 2 nitrogen and oxygen atoms in total. The zero-order valence-electron chi connectivity index (χ0n) is 12.0. The van der Waals surface area contributed by atoms with Gasteiger partial charge in [-0.05, 0) is 12.8 Å². The summed E-state index contributed by atoms with van der Waals surface area (Å²) in [6, 6.07) is 0. The molecule has 0 fully saturated rings. The highest BCUT2D eigenvalue weighted by atomic mass is 15.1. The zero-order chi connectivity index (χ0) is 13.1. The molecule has 1 aromatic heterocycles. The highest BCUT2D eigenvalue weighted by Crippen LogP contribution is 2.09. The number of aromatic nitrogens is 2. The first kappa shape index (κ1) is 15.0. The van der Waals surface area contributed by atoms with Gasteiger partial charge in [-0.3, -0.25) is 0 Å². The highest BCUT2D eigenvalue weighted by molar-refractivity contribution is 5.12. The van der Waals surface area contributed by atoms with Gasteiger partial charge in [0, 0.05) is 0 Å². The van der Waals surface area contributed by atoms with Crippen LogP contribution in [0.4, 0.5) is 0 Å². The summed E-state index contributed by atoms with van der Waals surface area (Å²) < 4.78 is 4.23. The van der Waals surface area contributed by atoms with Crippen LogP contribution in [0.2, 0.25) is 0 Å². The van der Waals surface area contributed by atoms with E-state index >= 15 is 0 Å². The van der Waals surface area contributed by atoms with Crippen molar-refractivity contribution >= 4 is 6.20 Å². The fourth-order valence-electron chi connectivity index (χ4n) is 2.26. The lowest BCUT2D eigenvalue weighted by Crippen LogP contribution is -2.30. The molecule has 0 amide bonds. The largest absolute Gasteiger partial charge is 0.248 e. The Morgan fingerprint density at radius 2 is 1.61 bits per heavy atom. The lowest BCUT2D eigenvalue weighted by atomic mass is 10.1. The molecule has 0 radical (unpaired) electrons. The quantitative estimate of drug-likeness (QED) is 0.406. The van der Waals surface area contributed by atoms with Gasteiger partial charge < -0.3 is 0 Å². The second-order valence-corrected chi connectivity index (χ2v) is 5.11. The van der Waals surface area contributed by atoms with Crippen molar-refractivity contribution in [2.45, 2.75) is 71.3 Å². The molecule has 0 aliphatic carbocycles. The Morgan fingerprint density at radius 1 is 1.00 bits per heavy atom. The van der Waals surface area contributed by atoms with Crippen LogP contribution in [-0.4, -0.2) is 4.57 Å². The van der Waals surface area contributed by atoms with Gasteiger partial charge in [0.05, 0.1) is 12.7 Å². The molecule has 0 aromatic carbocycles. The fourth-order valence-corrected chi connectivity index (χ4v) is 2.26. The van der Waals surface area contributed by atoms with E-state index in [9.17, 15) is 0 Å². The van der Waals surface area contributed by atoms with Crippen LogP contribution < -0.4 is 4.57 Å². The maximum atomic E-state index is 3.75. The Balaban J connectivity index is 1.91. The second-order valence-electron chi connectivity index (χ2n) is 5.11. The summed E-state index contributed by atoms with van der Waals surface area (Å²) in [6.45, 7) is 7.16. The van der Waals surface area contributed by atoms with Gasteiger partial charge in [-0.2, -0.15) is 0 Å². The first-order valence-electron chi connectivity index (χ1n) is 7.56. The van der Waals surface area contributed by atoms with E-state index in [1.807, 2.05) is 17.0 Å². The van der Waals surface area contributed by atoms with E-state index in [1.54, 1.807) is 0 Å². The van der Waals surface area contributed by atoms with Gasteiger partial charge in [0.15, 0.2) is 0 Å². The number of nitrogens with zero attached hydrogens (tertiary/aromatic N) is 2. The van der Waals surface area contributed by atoms with Crippen molar-refractivity contribution in [2.75, 3.05) is 0 Å². The molecule has 0 saturated heterocycles. The minimum Gasteiger partial charge on any atom is -0.236 e. The predicted octanol–water partition coefficient (Wildman–Crippen LogP) is 4.41. The van der Waals surface area contributed by atoms with Gasteiger partial charge in [0.2, 0.25) is 6.33 Å². The van der Waals surface area contributed by atoms with Gasteiger partial charge in [-0.25, -0.2) is 9.13 Å². The lowest BCUT2D eigenvalue weighted by molar-refractivity contribution is -0.696. The van der Waals surface area contributed by atoms with Crippen LogP contribution in [-0.2, 0) is 6.54 Å². The molecule has 0 aliphatic heterocycles. The van der Waals surface area contributed by atoms with E-state index in [2.05, 4.69) is 30.6 Å². The molecule has 102 valence electrons. The minimum absolute atomic E-state index is 1.14. The number of hydrogen-bond acceptors (Lipinski definition) is 0. The topological polar surface area (TPSA) is 8.81 Å². The van der Waals surface area contributed by atoms with E-state index in [4.69, 9.17) is 0 Å². The molecule has 0 aliphatic rings. The van der Waals surface area contributed by atoms with Crippen molar-refractivity contribution in [3.8, 4) is 0 Å². The monoisotopic (exact) mass is 249 g/mol. The van der Waals surface area contributed by atoms with Crippen LogP contribution in [0, 0.1) is 0 Å². The van der Waals surface area contributed by atoms with Crippen molar-refractivity contribution in [3.63, 3.8) is 0 Å². The van der Waals surface area contributed by atoms with Crippen LogP contribution in [0.15, 0.2) is 25.3 Å². The summed E-state index contributed by atoms with van der Waals surface area (Å²) in [7, 11) is 0. The molecule has 1 aromatic rings. The smallest absolute Gasteiger partial charge is 0.236 e. The van der Waals surface area contributed by atoms with Crippen molar-refractivity contribution in [1.82, 2.24) is 4.57 Å². The summed E-state index contributed by atoms with van der Waals surface area (Å²) in [4.78, 5) is 0. The van der Waals surface area contributed by atoms with Crippen LogP contribution in [0.5, 0.6) is 0 Å². The Kier molecular flexibility index (Phi) is 8.28. The second kappa shape index (κ2) is 9.93. The van der Waals surface area contributed by atoms with Gasteiger partial charge in [-0.15, -0.1) is 0 Å².